The van der Waals surface area contributed by atoms with E-state index in [4.69, 9.17) is 11.6 Å². The monoisotopic (exact) mass is 385 g/mol. The zero-order valence-corrected chi connectivity index (χ0v) is 14.4. The zero-order valence-electron chi connectivity index (χ0n) is 11.3. The quantitative estimate of drug-likeness (QED) is 0.774. The minimum absolute atomic E-state index is 0.0955. The number of hydrogen-bond acceptors (Lipinski definition) is 2. The Morgan fingerprint density at radius 1 is 1.24 bits per heavy atom. The molecule has 0 aromatic heterocycles. The summed E-state index contributed by atoms with van der Waals surface area (Å²) in [4.78, 5) is 0.238. The number of rotatable bonds is 2. The van der Waals surface area contributed by atoms with Gasteiger partial charge in [-0.15, -0.1) is 0 Å². The van der Waals surface area contributed by atoms with Crippen LogP contribution >= 0.6 is 27.5 Å². The summed E-state index contributed by atoms with van der Waals surface area (Å²) < 4.78 is 27.9. The van der Waals surface area contributed by atoms with Crippen LogP contribution < -0.4 is 4.31 Å². The van der Waals surface area contributed by atoms with Gasteiger partial charge in [-0.05, 0) is 59.1 Å². The van der Waals surface area contributed by atoms with Crippen LogP contribution in [0.4, 0.5) is 5.69 Å². The first-order chi connectivity index (χ1) is 9.91. The van der Waals surface area contributed by atoms with E-state index in [0.29, 0.717) is 9.50 Å². The fraction of sp³-hybridized carbons (Fsp3) is 0.200. The van der Waals surface area contributed by atoms with E-state index < -0.39 is 10.0 Å². The first-order valence-electron chi connectivity index (χ1n) is 6.48. The van der Waals surface area contributed by atoms with Crippen molar-refractivity contribution < 1.29 is 8.42 Å². The van der Waals surface area contributed by atoms with Crippen molar-refractivity contribution in [1.82, 2.24) is 0 Å². The first-order valence-corrected chi connectivity index (χ1v) is 9.10. The normalized spacial score (nSPS) is 17.9. The van der Waals surface area contributed by atoms with Crippen molar-refractivity contribution in [3.63, 3.8) is 0 Å². The average molecular weight is 387 g/mol. The Kier molecular flexibility index (Phi) is 3.76. The first kappa shape index (κ1) is 14.9. The van der Waals surface area contributed by atoms with Gasteiger partial charge in [-0.2, -0.15) is 0 Å². The van der Waals surface area contributed by atoms with Gasteiger partial charge in [0.15, 0.2) is 0 Å². The van der Waals surface area contributed by atoms with Crippen molar-refractivity contribution in [2.45, 2.75) is 24.3 Å². The van der Waals surface area contributed by atoms with Gasteiger partial charge < -0.3 is 0 Å². The topological polar surface area (TPSA) is 37.4 Å². The third-order valence-corrected chi connectivity index (χ3v) is 6.73. The second-order valence-corrected chi connectivity index (χ2v) is 8.14. The highest BCUT2D eigenvalue weighted by molar-refractivity contribution is 9.10. The van der Waals surface area contributed by atoms with Crippen LogP contribution in [0.15, 0.2) is 51.8 Å². The minimum Gasteiger partial charge on any atom is -0.263 e. The number of nitrogens with zero attached hydrogens (tertiary/aromatic N) is 1. The Bertz CT molecular complexity index is 807. The second-order valence-electron chi connectivity index (χ2n) is 5.06. The van der Waals surface area contributed by atoms with Crippen LogP contribution in [0.3, 0.4) is 0 Å². The molecule has 6 heteroatoms. The fourth-order valence-electron chi connectivity index (χ4n) is 2.65. The molecule has 110 valence electrons. The highest BCUT2D eigenvalue weighted by atomic mass is 79.9. The van der Waals surface area contributed by atoms with Crippen LogP contribution in [0, 0.1) is 0 Å². The summed E-state index contributed by atoms with van der Waals surface area (Å²) >= 11 is 9.22. The average Bonchev–Trinajstić information content (AvgIpc) is 2.78. The maximum absolute atomic E-state index is 12.9. The van der Waals surface area contributed by atoms with Crippen LogP contribution in [0.2, 0.25) is 5.02 Å². The predicted octanol–water partition coefficient (Wildman–Crippen LogP) is 4.24. The maximum atomic E-state index is 12.9. The smallest absolute Gasteiger partial charge is 0.263 e. The van der Waals surface area contributed by atoms with Crippen molar-refractivity contribution in [2.75, 3.05) is 4.31 Å². The lowest BCUT2D eigenvalue weighted by atomic mass is 10.1. The predicted molar refractivity (Wildman–Crippen MR) is 88.4 cm³/mol. The molecular formula is C15H13BrClNO2S. The second kappa shape index (κ2) is 5.30. The summed E-state index contributed by atoms with van der Waals surface area (Å²) in [5.41, 5.74) is 1.82. The third kappa shape index (κ3) is 2.47. The molecule has 2 aromatic carbocycles. The molecule has 3 rings (SSSR count). The van der Waals surface area contributed by atoms with Crippen molar-refractivity contribution in [1.29, 1.82) is 0 Å². The summed E-state index contributed by atoms with van der Waals surface area (Å²) in [6.45, 7) is 1.92. The van der Waals surface area contributed by atoms with Gasteiger partial charge in [0.05, 0.1) is 15.6 Å². The Morgan fingerprint density at radius 2 is 1.95 bits per heavy atom. The molecule has 0 aliphatic carbocycles. The molecule has 21 heavy (non-hydrogen) atoms. The van der Waals surface area contributed by atoms with Crippen LogP contribution in [0.5, 0.6) is 0 Å². The van der Waals surface area contributed by atoms with Crippen LogP contribution in [0.1, 0.15) is 12.5 Å². The molecule has 1 heterocycles. The molecule has 1 aliphatic heterocycles. The molecule has 0 fully saturated rings. The van der Waals surface area contributed by atoms with Crippen molar-refractivity contribution in [2.24, 2.45) is 0 Å². The Balaban J connectivity index is 2.12. The molecule has 1 aliphatic rings. The summed E-state index contributed by atoms with van der Waals surface area (Å²) in [7, 11) is -3.60. The molecule has 0 saturated heterocycles. The number of fused-ring (bicyclic) bond motifs is 1. The van der Waals surface area contributed by atoms with Gasteiger partial charge in [-0.3, -0.25) is 4.31 Å². The standard InChI is InChI=1S/C15H13BrClNO2S/c1-10-8-11-4-2-3-5-15(11)18(10)21(19,20)12-6-7-14(17)13(16)9-12/h2-7,9-10H,8H2,1H3. The lowest BCUT2D eigenvalue weighted by Crippen LogP contribution is -2.35. The van der Waals surface area contributed by atoms with Crippen molar-refractivity contribution >= 4 is 43.2 Å². The Hall–Kier alpha value is -1.04. The number of halogens is 2. The summed E-state index contributed by atoms with van der Waals surface area (Å²) in [6.07, 6.45) is 0.726. The summed E-state index contributed by atoms with van der Waals surface area (Å²) in [6, 6.07) is 12.2. The number of benzene rings is 2. The number of hydrogen-bond donors (Lipinski definition) is 0. The largest absolute Gasteiger partial charge is 0.264 e. The van der Waals surface area contributed by atoms with Gasteiger partial charge in [0.25, 0.3) is 10.0 Å². The molecule has 0 saturated carbocycles. The van der Waals surface area contributed by atoms with E-state index in [9.17, 15) is 8.42 Å². The third-order valence-electron chi connectivity index (χ3n) is 3.59. The van der Waals surface area contributed by atoms with Crippen LogP contribution in [0.25, 0.3) is 0 Å². The number of para-hydroxylation sites is 1. The van der Waals surface area contributed by atoms with E-state index in [-0.39, 0.29) is 10.9 Å². The summed E-state index contributed by atoms with van der Waals surface area (Å²) in [5.74, 6) is 0. The molecule has 0 spiro atoms. The van der Waals surface area contributed by atoms with E-state index in [2.05, 4.69) is 15.9 Å². The molecule has 0 amide bonds. The molecule has 0 bridgehead atoms. The number of sulfonamides is 1. The lowest BCUT2D eigenvalue weighted by molar-refractivity contribution is 0.584. The van der Waals surface area contributed by atoms with E-state index in [0.717, 1.165) is 17.7 Å². The van der Waals surface area contributed by atoms with Crippen LogP contribution in [-0.4, -0.2) is 14.5 Å². The van der Waals surface area contributed by atoms with Crippen molar-refractivity contribution in [3.05, 3.63) is 57.5 Å². The SMILES string of the molecule is CC1Cc2ccccc2N1S(=O)(=O)c1ccc(Cl)c(Br)c1. The molecule has 2 aromatic rings. The molecule has 0 radical (unpaired) electrons. The highest BCUT2D eigenvalue weighted by Gasteiger charge is 2.35. The molecule has 1 unspecified atom stereocenters. The van der Waals surface area contributed by atoms with E-state index in [1.165, 1.54) is 10.4 Å². The van der Waals surface area contributed by atoms with Gasteiger partial charge in [0.2, 0.25) is 0 Å². The molecule has 1 atom stereocenters. The highest BCUT2D eigenvalue weighted by Crippen LogP contribution is 2.37. The van der Waals surface area contributed by atoms with Gasteiger partial charge in [-0.1, -0.05) is 29.8 Å². The summed E-state index contributed by atoms with van der Waals surface area (Å²) in [5, 5.41) is 0.490. The molecule has 0 N–H and O–H groups in total. The molecular weight excluding hydrogens is 374 g/mol. The van der Waals surface area contributed by atoms with E-state index in [1.54, 1.807) is 12.1 Å². The Labute approximate surface area is 137 Å². The van der Waals surface area contributed by atoms with E-state index >= 15 is 0 Å². The number of anilines is 1. The van der Waals surface area contributed by atoms with E-state index in [1.807, 2.05) is 31.2 Å². The van der Waals surface area contributed by atoms with Crippen molar-refractivity contribution in [3.8, 4) is 0 Å². The fourth-order valence-corrected chi connectivity index (χ4v) is 5.02. The molecule has 3 nitrogen and oxygen atoms in total. The van der Waals surface area contributed by atoms with Crippen LogP contribution in [-0.2, 0) is 16.4 Å². The lowest BCUT2D eigenvalue weighted by Gasteiger charge is -2.24. The van der Waals surface area contributed by atoms with Gasteiger partial charge in [0.1, 0.15) is 0 Å². The maximum Gasteiger partial charge on any atom is 0.264 e. The van der Waals surface area contributed by atoms with Gasteiger partial charge >= 0.3 is 0 Å². The van der Waals surface area contributed by atoms with Gasteiger partial charge in [0, 0.05) is 10.5 Å². The Morgan fingerprint density at radius 3 is 2.67 bits per heavy atom. The minimum atomic E-state index is -3.60. The zero-order chi connectivity index (χ0) is 15.2. The van der Waals surface area contributed by atoms with Gasteiger partial charge in [-0.25, -0.2) is 8.42 Å².